The lowest BCUT2D eigenvalue weighted by molar-refractivity contribution is 0.904. The summed E-state index contributed by atoms with van der Waals surface area (Å²) in [6.07, 6.45) is 0. The molecule has 194 valence electrons. The van der Waals surface area contributed by atoms with Gasteiger partial charge in [-0.15, -0.1) is 34.0 Å². The van der Waals surface area contributed by atoms with Gasteiger partial charge in [-0.3, -0.25) is 0 Å². The lowest BCUT2D eigenvalue weighted by Gasteiger charge is -2.29. The van der Waals surface area contributed by atoms with Crippen LogP contribution in [0.4, 0.5) is 20.7 Å². The van der Waals surface area contributed by atoms with Crippen LogP contribution in [0.2, 0.25) is 0 Å². The Bertz CT molecular complexity index is 1560. The highest BCUT2D eigenvalue weighted by Gasteiger charge is 2.24. The van der Waals surface area contributed by atoms with Crippen molar-refractivity contribution in [3.63, 3.8) is 0 Å². The summed E-state index contributed by atoms with van der Waals surface area (Å²) in [6, 6.07) is 41.2. The van der Waals surface area contributed by atoms with Crippen LogP contribution >= 0.6 is 34.0 Å². The van der Waals surface area contributed by atoms with Gasteiger partial charge < -0.3 is 15.5 Å². The summed E-state index contributed by atoms with van der Waals surface area (Å²) in [7, 11) is 2.16. The number of nitrogens with zero attached hydrogens (tertiary/aromatic N) is 1. The highest BCUT2D eigenvalue weighted by molar-refractivity contribution is 7.14. The number of benzene rings is 3. The molecule has 6 aromatic rings. The number of nitrogens with one attached hydrogen (secondary N) is 2. The van der Waals surface area contributed by atoms with Gasteiger partial charge in [-0.1, -0.05) is 66.7 Å². The van der Waals surface area contributed by atoms with Gasteiger partial charge in [0.05, 0.1) is 27.1 Å². The van der Waals surface area contributed by atoms with Gasteiger partial charge >= 0.3 is 0 Å². The van der Waals surface area contributed by atoms with Crippen molar-refractivity contribution in [2.75, 3.05) is 22.6 Å². The lowest BCUT2D eigenvalue weighted by Crippen LogP contribution is -2.19. The van der Waals surface area contributed by atoms with E-state index in [4.69, 9.17) is 0 Å². The zero-order valence-electron chi connectivity index (χ0n) is 21.5. The maximum atomic E-state index is 3.86. The molecule has 2 unspecified atom stereocenters. The molecule has 6 heteroatoms. The molecule has 3 nitrogen and oxygen atoms in total. The third kappa shape index (κ3) is 5.78. The topological polar surface area (TPSA) is 27.3 Å². The average Bonchev–Trinajstić information content (AvgIpc) is 3.80. The summed E-state index contributed by atoms with van der Waals surface area (Å²) in [4.78, 5) is 2.31. The molecule has 0 bridgehead atoms. The van der Waals surface area contributed by atoms with Crippen molar-refractivity contribution >= 4 is 54.7 Å². The van der Waals surface area contributed by atoms with Crippen LogP contribution < -0.4 is 15.5 Å². The van der Waals surface area contributed by atoms with E-state index in [9.17, 15) is 0 Å². The van der Waals surface area contributed by atoms with Gasteiger partial charge in [0, 0.05) is 18.3 Å². The summed E-state index contributed by atoms with van der Waals surface area (Å²) in [5, 5.41) is 17.6. The van der Waals surface area contributed by atoms with Crippen molar-refractivity contribution in [2.45, 2.75) is 12.1 Å². The molecule has 2 N–H and O–H groups in total. The minimum absolute atomic E-state index is 0.0165. The molecule has 3 aromatic heterocycles. The van der Waals surface area contributed by atoms with E-state index in [-0.39, 0.29) is 12.1 Å². The predicted molar refractivity (Wildman–Crippen MR) is 171 cm³/mol. The molecule has 2 atom stereocenters. The minimum atomic E-state index is -0.0274. The summed E-state index contributed by atoms with van der Waals surface area (Å²) in [6.45, 7) is 0. The molecule has 0 spiro atoms. The van der Waals surface area contributed by atoms with Crippen LogP contribution in [-0.4, -0.2) is 7.05 Å². The van der Waals surface area contributed by atoms with E-state index in [0.29, 0.717) is 0 Å². The van der Waals surface area contributed by atoms with Gasteiger partial charge in [-0.2, -0.15) is 0 Å². The smallest absolute Gasteiger partial charge is 0.0950 e. The van der Waals surface area contributed by atoms with Crippen molar-refractivity contribution in [2.24, 2.45) is 0 Å². The summed E-state index contributed by atoms with van der Waals surface area (Å²) < 4.78 is 0. The Morgan fingerprint density at radius 2 is 1.10 bits per heavy atom. The quantitative estimate of drug-likeness (QED) is 0.174. The fourth-order valence-corrected chi connectivity index (χ4v) is 6.87. The third-order valence-electron chi connectivity index (χ3n) is 6.78. The maximum Gasteiger partial charge on any atom is 0.0950 e. The Balaban J connectivity index is 1.51. The normalized spacial score (nSPS) is 12.5. The van der Waals surface area contributed by atoms with Crippen LogP contribution in [0, 0.1) is 0 Å². The Labute approximate surface area is 242 Å². The van der Waals surface area contributed by atoms with E-state index in [1.165, 1.54) is 32.9 Å². The van der Waals surface area contributed by atoms with E-state index >= 15 is 0 Å². The molecule has 0 aliphatic carbocycles. The van der Waals surface area contributed by atoms with Crippen LogP contribution in [0.1, 0.15) is 34.3 Å². The van der Waals surface area contributed by atoms with Gasteiger partial charge in [-0.05, 0) is 81.4 Å². The molecule has 0 aliphatic heterocycles. The van der Waals surface area contributed by atoms with Crippen LogP contribution in [-0.2, 0) is 0 Å². The molecule has 39 heavy (non-hydrogen) atoms. The molecule has 3 heterocycles. The van der Waals surface area contributed by atoms with Crippen molar-refractivity contribution in [3.05, 3.63) is 154 Å². The highest BCUT2D eigenvalue weighted by Crippen LogP contribution is 2.40. The zero-order valence-corrected chi connectivity index (χ0v) is 24.0. The molecule has 0 fully saturated rings. The van der Waals surface area contributed by atoms with Gasteiger partial charge in [0.25, 0.3) is 0 Å². The van der Waals surface area contributed by atoms with Gasteiger partial charge in [0.15, 0.2) is 0 Å². The van der Waals surface area contributed by atoms with Gasteiger partial charge in [0.1, 0.15) is 0 Å². The van der Waals surface area contributed by atoms with Crippen molar-refractivity contribution in [1.82, 2.24) is 0 Å². The number of hydrogen-bond acceptors (Lipinski definition) is 6. The second-order valence-electron chi connectivity index (χ2n) is 9.26. The van der Waals surface area contributed by atoms with Crippen LogP contribution in [0.3, 0.4) is 0 Å². The summed E-state index contributed by atoms with van der Waals surface area (Å²) in [5.41, 5.74) is 6.10. The molecule has 0 aliphatic rings. The number of rotatable bonds is 10. The van der Waals surface area contributed by atoms with E-state index in [1.807, 2.05) is 0 Å². The second-order valence-corrected chi connectivity index (χ2v) is 12.1. The Morgan fingerprint density at radius 1 is 0.538 bits per heavy atom. The zero-order chi connectivity index (χ0) is 26.4. The predicted octanol–water partition coefficient (Wildman–Crippen LogP) is 10.0. The standard InChI is InChI=1S/C33H29N3S3/c1-36(31-17-10-22-39-31)28-19-18-26(32(24-11-4-2-5-12-24)34-29-15-8-20-37-29)23-27(28)33(25-13-6-3-7-14-25)35-30-16-9-21-38-30/h2-23,32-35H,1H3. The summed E-state index contributed by atoms with van der Waals surface area (Å²) in [5.74, 6) is 0. The van der Waals surface area contributed by atoms with Crippen LogP contribution in [0.15, 0.2) is 131 Å². The molecule has 6 rings (SSSR count). The highest BCUT2D eigenvalue weighted by atomic mass is 32.1. The van der Waals surface area contributed by atoms with E-state index in [2.05, 4.69) is 154 Å². The molecule has 0 radical (unpaired) electrons. The van der Waals surface area contributed by atoms with Gasteiger partial charge in [-0.25, -0.2) is 0 Å². The Morgan fingerprint density at radius 3 is 1.67 bits per heavy atom. The van der Waals surface area contributed by atoms with Crippen LogP contribution in [0.25, 0.3) is 0 Å². The number of anilines is 4. The average molecular weight is 564 g/mol. The monoisotopic (exact) mass is 563 g/mol. The van der Waals surface area contributed by atoms with Crippen molar-refractivity contribution in [1.29, 1.82) is 0 Å². The SMILES string of the molecule is CN(c1cccs1)c1ccc(C(Nc2cccs2)c2ccccc2)cc1C(Nc1cccs1)c1ccccc1. The molecule has 0 amide bonds. The molecule has 3 aromatic carbocycles. The minimum Gasteiger partial charge on any atom is -0.366 e. The third-order valence-corrected chi connectivity index (χ3v) is 9.32. The van der Waals surface area contributed by atoms with E-state index in [1.54, 1.807) is 34.0 Å². The molecule has 0 saturated carbocycles. The van der Waals surface area contributed by atoms with Crippen LogP contribution in [0.5, 0.6) is 0 Å². The first-order chi connectivity index (χ1) is 19.3. The lowest BCUT2D eigenvalue weighted by atomic mass is 9.91. The fourth-order valence-electron chi connectivity index (χ4n) is 4.87. The first-order valence-corrected chi connectivity index (χ1v) is 15.5. The molecular weight excluding hydrogens is 535 g/mol. The van der Waals surface area contributed by atoms with E-state index < -0.39 is 0 Å². The van der Waals surface area contributed by atoms with Crippen molar-refractivity contribution in [3.8, 4) is 0 Å². The molecular formula is C33H29N3S3. The first kappa shape index (κ1) is 25.4. The van der Waals surface area contributed by atoms with Crippen molar-refractivity contribution < 1.29 is 0 Å². The number of thiophene rings is 3. The Kier molecular flexibility index (Phi) is 7.77. The van der Waals surface area contributed by atoms with E-state index in [0.717, 1.165) is 10.0 Å². The molecule has 0 saturated heterocycles. The second kappa shape index (κ2) is 11.9. The fraction of sp³-hybridized carbons (Fsp3) is 0.0909. The number of hydrogen-bond donors (Lipinski definition) is 2. The maximum absolute atomic E-state index is 3.86. The Hall–Kier alpha value is -3.84. The largest absolute Gasteiger partial charge is 0.366 e. The first-order valence-electron chi connectivity index (χ1n) is 12.9. The summed E-state index contributed by atoms with van der Waals surface area (Å²) >= 11 is 5.21. The van der Waals surface area contributed by atoms with Gasteiger partial charge in [0.2, 0.25) is 0 Å².